The van der Waals surface area contributed by atoms with Crippen LogP contribution in [0.1, 0.15) is 55.1 Å². The molecule has 1 aliphatic heterocycles. The number of piperazine rings is 1. The van der Waals surface area contributed by atoms with Crippen LogP contribution < -0.4 is 10.6 Å². The number of amides is 3. The minimum atomic E-state index is -0.594. The molecule has 0 radical (unpaired) electrons. The highest BCUT2D eigenvalue weighted by molar-refractivity contribution is 6.06. The average Bonchev–Trinajstić information content (AvgIpc) is 3.27. The van der Waals surface area contributed by atoms with Crippen molar-refractivity contribution in [1.82, 2.24) is 25.0 Å². The molecule has 2 heterocycles. The summed E-state index contributed by atoms with van der Waals surface area (Å²) < 4.78 is 20.6. The number of aryl methyl sites for hydroxylation is 1. The molecular weight excluding hydrogens is 529 g/mol. The molecule has 2 N–H and O–H groups in total. The fourth-order valence-corrected chi connectivity index (χ4v) is 5.83. The van der Waals surface area contributed by atoms with Gasteiger partial charge in [0, 0.05) is 55.8 Å². The van der Waals surface area contributed by atoms with E-state index in [4.69, 9.17) is 4.74 Å². The number of methoxy groups -OCH3 is 1. The van der Waals surface area contributed by atoms with Crippen molar-refractivity contribution in [3.8, 4) is 0 Å². The molecule has 1 aromatic heterocycles. The first kappa shape index (κ1) is 30.2. The lowest BCUT2D eigenvalue weighted by Crippen LogP contribution is -2.59. The van der Waals surface area contributed by atoms with Gasteiger partial charge in [-0.3, -0.25) is 14.4 Å². The molecule has 2 aromatic rings. The molecule has 1 saturated heterocycles. The first-order valence-electron chi connectivity index (χ1n) is 14.3. The maximum atomic E-state index is 14.2. The van der Waals surface area contributed by atoms with E-state index >= 15 is 0 Å². The number of nitrogens with zero attached hydrogens (tertiary/aromatic N) is 3. The lowest BCUT2D eigenvalue weighted by molar-refractivity contribution is -0.140. The second-order valence-electron chi connectivity index (χ2n) is 10.9. The molecule has 41 heavy (non-hydrogen) atoms. The summed E-state index contributed by atoms with van der Waals surface area (Å²) >= 11 is 0. The smallest absolute Gasteiger partial charge is 0.330 e. The Labute approximate surface area is 239 Å². The van der Waals surface area contributed by atoms with Gasteiger partial charge in [-0.25, -0.2) is 9.18 Å². The molecule has 0 bridgehead atoms. The van der Waals surface area contributed by atoms with Crippen LogP contribution >= 0.6 is 0 Å². The summed E-state index contributed by atoms with van der Waals surface area (Å²) in [5, 5.41) is 6.44. The van der Waals surface area contributed by atoms with Gasteiger partial charge in [0.2, 0.25) is 11.8 Å². The van der Waals surface area contributed by atoms with Crippen molar-refractivity contribution in [3.63, 3.8) is 0 Å². The number of benzene rings is 1. The van der Waals surface area contributed by atoms with E-state index in [2.05, 4.69) is 10.6 Å². The maximum Gasteiger partial charge on any atom is 0.330 e. The number of ether oxygens (including phenoxy) is 1. The summed E-state index contributed by atoms with van der Waals surface area (Å²) in [7, 11) is 4.70. The Morgan fingerprint density at radius 1 is 1.05 bits per heavy atom. The van der Waals surface area contributed by atoms with E-state index in [0.717, 1.165) is 32.1 Å². The summed E-state index contributed by atoms with van der Waals surface area (Å²) in [6, 6.07) is 3.26. The quantitative estimate of drug-likeness (QED) is 0.373. The number of fused-ring (bicyclic) bond motifs is 1. The van der Waals surface area contributed by atoms with Crippen molar-refractivity contribution in [2.75, 3.05) is 40.3 Å². The van der Waals surface area contributed by atoms with Gasteiger partial charge in [-0.1, -0.05) is 19.3 Å². The number of carbonyl (C=O) groups is 4. The predicted octanol–water partition coefficient (Wildman–Crippen LogP) is 2.46. The summed E-state index contributed by atoms with van der Waals surface area (Å²) in [6.45, 7) is 3.03. The Morgan fingerprint density at radius 3 is 2.34 bits per heavy atom. The van der Waals surface area contributed by atoms with Gasteiger partial charge in [0.15, 0.2) is 0 Å². The predicted molar refractivity (Wildman–Crippen MR) is 153 cm³/mol. The summed E-state index contributed by atoms with van der Waals surface area (Å²) in [5.74, 6) is -1.55. The molecule has 1 aromatic carbocycles. The van der Waals surface area contributed by atoms with E-state index in [-0.39, 0.29) is 23.6 Å². The fourth-order valence-electron chi connectivity index (χ4n) is 5.83. The van der Waals surface area contributed by atoms with Gasteiger partial charge < -0.3 is 29.7 Å². The van der Waals surface area contributed by atoms with E-state index in [1.54, 1.807) is 41.5 Å². The third-order valence-corrected chi connectivity index (χ3v) is 8.38. The number of nitrogens with one attached hydrogen (secondary N) is 2. The van der Waals surface area contributed by atoms with E-state index in [1.165, 1.54) is 31.4 Å². The van der Waals surface area contributed by atoms with Crippen LogP contribution in [0, 0.1) is 11.7 Å². The Bertz CT molecular complexity index is 1320. The number of carbonyl (C=O) groups excluding carboxylic acids is 4. The van der Waals surface area contributed by atoms with Gasteiger partial charge >= 0.3 is 5.97 Å². The van der Waals surface area contributed by atoms with E-state index in [0.29, 0.717) is 48.3 Å². The molecule has 1 aliphatic carbocycles. The van der Waals surface area contributed by atoms with Gasteiger partial charge in [0.25, 0.3) is 5.91 Å². The summed E-state index contributed by atoms with van der Waals surface area (Å²) in [4.78, 5) is 55.5. The third kappa shape index (κ3) is 6.61. The van der Waals surface area contributed by atoms with Gasteiger partial charge in [-0.15, -0.1) is 0 Å². The zero-order chi connectivity index (χ0) is 29.7. The second kappa shape index (κ2) is 13.3. The fraction of sp³-hybridized carbons (Fsp3) is 0.533. The van der Waals surface area contributed by atoms with Gasteiger partial charge in [0.05, 0.1) is 13.2 Å². The van der Waals surface area contributed by atoms with Crippen LogP contribution in [0.3, 0.4) is 0 Å². The summed E-state index contributed by atoms with van der Waals surface area (Å²) in [6.07, 6.45) is 7.69. The van der Waals surface area contributed by atoms with Crippen molar-refractivity contribution in [2.24, 2.45) is 13.0 Å². The monoisotopic (exact) mass is 569 g/mol. The molecule has 11 heteroatoms. The first-order chi connectivity index (χ1) is 19.7. The number of halogens is 1. The second-order valence-corrected chi connectivity index (χ2v) is 10.9. The number of hydrogen-bond acceptors (Lipinski definition) is 6. The molecule has 2 atom stereocenters. The standard InChI is InChI=1S/C30H40FN5O5/c1-19(32-2)28(38)33-26(20-8-6-5-7-9-20)29(39)35-14-16-36(17-15-35)30(40)27-22(11-13-25(37)41-4)23-18-21(31)10-12-24(23)34(27)3/h10-13,18-20,26,32H,5-9,14-17H2,1-4H3,(H,33,38)/b13-11+/t19-,26-/m0/s1. The highest BCUT2D eigenvalue weighted by atomic mass is 19.1. The minimum Gasteiger partial charge on any atom is -0.466 e. The van der Waals surface area contributed by atoms with Crippen LogP contribution in [0.5, 0.6) is 0 Å². The summed E-state index contributed by atoms with van der Waals surface area (Å²) in [5.41, 5.74) is 1.39. The number of likely N-dealkylation sites (N-methyl/N-ethyl adjacent to an activating group) is 1. The van der Waals surface area contributed by atoms with Gasteiger partial charge in [-0.2, -0.15) is 0 Å². The average molecular weight is 570 g/mol. The number of rotatable bonds is 8. The van der Waals surface area contributed by atoms with E-state index < -0.39 is 23.9 Å². The minimum absolute atomic E-state index is 0.0873. The van der Waals surface area contributed by atoms with Crippen LogP contribution in [-0.4, -0.2) is 90.5 Å². The highest BCUT2D eigenvalue weighted by Crippen LogP contribution is 2.30. The SMILES string of the molecule is CN[C@@H](C)C(=O)N[C@H](C(=O)N1CCN(C(=O)c2c(/C=C/C(=O)OC)c3cc(F)ccc3n2C)CC1)C1CCCCC1. The van der Waals surface area contributed by atoms with E-state index in [1.807, 2.05) is 0 Å². The highest BCUT2D eigenvalue weighted by Gasteiger charge is 2.36. The Kier molecular flexibility index (Phi) is 9.80. The zero-order valence-electron chi connectivity index (χ0n) is 24.2. The zero-order valence-corrected chi connectivity index (χ0v) is 24.2. The van der Waals surface area contributed by atoms with Crippen LogP contribution in [-0.2, 0) is 26.2 Å². The van der Waals surface area contributed by atoms with Gasteiger partial charge in [0.1, 0.15) is 17.6 Å². The Morgan fingerprint density at radius 2 is 1.71 bits per heavy atom. The molecule has 4 rings (SSSR count). The lowest BCUT2D eigenvalue weighted by Gasteiger charge is -2.39. The molecule has 2 fully saturated rings. The van der Waals surface area contributed by atoms with Crippen molar-refractivity contribution >= 4 is 40.7 Å². The van der Waals surface area contributed by atoms with Crippen molar-refractivity contribution in [2.45, 2.75) is 51.1 Å². The molecular formula is C30H40FN5O5. The molecule has 3 amide bonds. The van der Waals surface area contributed by atoms with E-state index in [9.17, 15) is 23.6 Å². The largest absolute Gasteiger partial charge is 0.466 e. The molecule has 0 spiro atoms. The van der Waals surface area contributed by atoms with Crippen LogP contribution in [0.15, 0.2) is 24.3 Å². The number of aromatic nitrogens is 1. The molecule has 1 saturated carbocycles. The lowest BCUT2D eigenvalue weighted by atomic mass is 9.83. The Hall–Kier alpha value is -3.73. The van der Waals surface area contributed by atoms with Crippen molar-refractivity contribution < 1.29 is 28.3 Å². The van der Waals surface area contributed by atoms with Crippen LogP contribution in [0.4, 0.5) is 4.39 Å². The number of esters is 1. The molecule has 0 unspecified atom stereocenters. The first-order valence-corrected chi connectivity index (χ1v) is 14.3. The van der Waals surface area contributed by atoms with Crippen LogP contribution in [0.2, 0.25) is 0 Å². The van der Waals surface area contributed by atoms with Crippen LogP contribution in [0.25, 0.3) is 17.0 Å². The maximum absolute atomic E-state index is 14.2. The third-order valence-electron chi connectivity index (χ3n) is 8.38. The topological polar surface area (TPSA) is 113 Å². The molecule has 222 valence electrons. The van der Waals surface area contributed by atoms with Gasteiger partial charge in [-0.05, 0) is 57.0 Å². The Balaban J connectivity index is 1.53. The normalized spacial score (nSPS) is 18.0. The molecule has 2 aliphatic rings. The molecule has 10 nitrogen and oxygen atoms in total. The van der Waals surface area contributed by atoms with Crippen molar-refractivity contribution in [3.05, 3.63) is 41.3 Å². The number of hydrogen-bond donors (Lipinski definition) is 2. The van der Waals surface area contributed by atoms with Crippen molar-refractivity contribution in [1.29, 1.82) is 0 Å².